The van der Waals surface area contributed by atoms with Crippen molar-refractivity contribution in [3.8, 4) is 18.0 Å². The van der Waals surface area contributed by atoms with E-state index in [4.69, 9.17) is 19.2 Å². The molecule has 0 aliphatic rings. The molecule has 0 saturated carbocycles. The molecule has 0 radical (unpaired) electrons. The van der Waals surface area contributed by atoms with Crippen molar-refractivity contribution < 1.29 is 19.2 Å². The summed E-state index contributed by atoms with van der Waals surface area (Å²) in [6.45, 7) is 15.9. The van der Waals surface area contributed by atoms with Gasteiger partial charge in [0.05, 0.1) is 0 Å². The smallest absolute Gasteiger partial charge is 0.362 e. The summed E-state index contributed by atoms with van der Waals surface area (Å²) in [6, 6.07) is 8.18. The minimum absolute atomic E-state index is 0.0507. The highest BCUT2D eigenvalue weighted by atomic mass is 17.2. The predicted molar refractivity (Wildman–Crippen MR) is 107 cm³/mol. The van der Waals surface area contributed by atoms with E-state index in [-0.39, 0.29) is 37.2 Å². The van der Waals surface area contributed by atoms with E-state index < -0.39 is 0 Å². The van der Waals surface area contributed by atoms with E-state index >= 15 is 0 Å². The van der Waals surface area contributed by atoms with Crippen LogP contribution in [0, 0.1) is 0 Å². The molecule has 148 valence electrons. The molecule has 2 aromatic rings. The second-order valence-corrected chi connectivity index (χ2v) is 6.06. The van der Waals surface area contributed by atoms with E-state index in [1.807, 2.05) is 32.0 Å². The van der Waals surface area contributed by atoms with Crippen LogP contribution in [0.5, 0.6) is 18.0 Å². The first-order chi connectivity index (χ1) is 13.5. The normalized spacial score (nSPS) is 11.4. The lowest BCUT2D eigenvalue weighted by molar-refractivity contribution is -0.216. The van der Waals surface area contributed by atoms with Crippen molar-refractivity contribution in [1.29, 1.82) is 0 Å². The van der Waals surface area contributed by atoms with Gasteiger partial charge in [-0.2, -0.15) is 4.89 Å². The van der Waals surface area contributed by atoms with Gasteiger partial charge in [-0.15, -0.1) is 15.0 Å². The van der Waals surface area contributed by atoms with E-state index in [1.165, 1.54) is 0 Å². The van der Waals surface area contributed by atoms with E-state index in [2.05, 4.69) is 40.8 Å². The molecule has 28 heavy (non-hydrogen) atoms. The van der Waals surface area contributed by atoms with Crippen LogP contribution in [0.25, 0.3) is 5.57 Å². The molecule has 7 nitrogen and oxygen atoms in total. The van der Waals surface area contributed by atoms with Gasteiger partial charge in [-0.1, -0.05) is 68.7 Å². The Kier molecular flexibility index (Phi) is 8.17. The first kappa shape index (κ1) is 21.1. The molecule has 0 aliphatic heterocycles. The maximum absolute atomic E-state index is 5.33. The Balaban J connectivity index is 2.00. The van der Waals surface area contributed by atoms with Gasteiger partial charge in [0.15, 0.2) is 0 Å². The van der Waals surface area contributed by atoms with Gasteiger partial charge in [-0.3, -0.25) is 4.89 Å². The van der Waals surface area contributed by atoms with Gasteiger partial charge < -0.3 is 9.47 Å². The quantitative estimate of drug-likeness (QED) is 0.310. The van der Waals surface area contributed by atoms with Gasteiger partial charge >= 0.3 is 18.0 Å². The lowest BCUT2D eigenvalue weighted by atomic mass is 9.98. The van der Waals surface area contributed by atoms with Crippen LogP contribution in [0.3, 0.4) is 0 Å². The van der Waals surface area contributed by atoms with Crippen molar-refractivity contribution in [1.82, 2.24) is 15.0 Å². The molecule has 0 bridgehead atoms. The Morgan fingerprint density at radius 3 is 2.21 bits per heavy atom. The highest BCUT2D eigenvalue weighted by Gasteiger charge is 2.12. The highest BCUT2D eigenvalue weighted by Crippen LogP contribution is 2.21. The number of rotatable bonds is 12. The maximum atomic E-state index is 5.33. The molecular formula is C21H25N3O4. The van der Waals surface area contributed by atoms with Gasteiger partial charge in [0.1, 0.15) is 19.8 Å². The second kappa shape index (κ2) is 10.8. The molecule has 1 heterocycles. The third-order valence-electron chi connectivity index (χ3n) is 3.63. The number of hydrogen-bond acceptors (Lipinski definition) is 7. The molecule has 2 rings (SSSR count). The third kappa shape index (κ3) is 6.51. The lowest BCUT2D eigenvalue weighted by Gasteiger charge is -2.13. The summed E-state index contributed by atoms with van der Waals surface area (Å²) < 4.78 is 10.6. The van der Waals surface area contributed by atoms with Crippen molar-refractivity contribution in [3.05, 3.63) is 67.3 Å². The fourth-order valence-corrected chi connectivity index (χ4v) is 2.15. The molecular weight excluding hydrogens is 358 g/mol. The standard InChI is InChI=1S/C21H25N3O4/c1-6-11-25-19-22-20(26-12-7-2)24-21(23-19)28-27-14-16(5)18-10-8-9-17(13-18)15(3)4/h6-10,13,16H,1-3,11-12,14H2,4-5H3. The maximum Gasteiger partial charge on any atom is 0.362 e. The van der Waals surface area contributed by atoms with Crippen LogP contribution in [-0.4, -0.2) is 34.8 Å². The van der Waals surface area contributed by atoms with Crippen molar-refractivity contribution in [2.45, 2.75) is 19.8 Å². The molecule has 0 spiro atoms. The Morgan fingerprint density at radius 2 is 1.64 bits per heavy atom. The van der Waals surface area contributed by atoms with E-state index in [9.17, 15) is 0 Å². The zero-order chi connectivity index (χ0) is 20.4. The van der Waals surface area contributed by atoms with E-state index in [0.717, 1.165) is 16.7 Å². The summed E-state index contributed by atoms with van der Waals surface area (Å²) in [5, 5.41) is 0. The lowest BCUT2D eigenvalue weighted by Crippen LogP contribution is -2.11. The molecule has 0 amide bonds. The first-order valence-electron chi connectivity index (χ1n) is 8.82. The van der Waals surface area contributed by atoms with Crippen LogP contribution >= 0.6 is 0 Å². The number of allylic oxidation sites excluding steroid dienone is 1. The molecule has 0 fully saturated rings. The Labute approximate surface area is 165 Å². The third-order valence-corrected chi connectivity index (χ3v) is 3.63. The molecule has 1 aromatic heterocycles. The Morgan fingerprint density at radius 1 is 1.04 bits per heavy atom. The first-order valence-corrected chi connectivity index (χ1v) is 8.82. The van der Waals surface area contributed by atoms with Crippen molar-refractivity contribution >= 4 is 5.57 Å². The van der Waals surface area contributed by atoms with Crippen LogP contribution in [-0.2, 0) is 4.89 Å². The number of ether oxygens (including phenoxy) is 2. The molecule has 0 aliphatic carbocycles. The summed E-state index contributed by atoms with van der Waals surface area (Å²) in [7, 11) is 0. The van der Waals surface area contributed by atoms with Gasteiger partial charge in [-0.05, 0) is 18.1 Å². The van der Waals surface area contributed by atoms with Gasteiger partial charge in [0, 0.05) is 5.92 Å². The van der Waals surface area contributed by atoms with Crippen LogP contribution in [0.1, 0.15) is 30.9 Å². The number of hydrogen-bond donors (Lipinski definition) is 0. The van der Waals surface area contributed by atoms with Crippen LogP contribution in [0.15, 0.2) is 56.2 Å². The van der Waals surface area contributed by atoms with Crippen molar-refractivity contribution in [2.75, 3.05) is 19.8 Å². The minimum atomic E-state index is -0.0592. The van der Waals surface area contributed by atoms with E-state index in [0.29, 0.717) is 6.61 Å². The second-order valence-electron chi connectivity index (χ2n) is 6.06. The zero-order valence-electron chi connectivity index (χ0n) is 16.3. The number of aromatic nitrogens is 3. The molecule has 1 aromatic carbocycles. The van der Waals surface area contributed by atoms with Crippen molar-refractivity contribution in [3.63, 3.8) is 0 Å². The minimum Gasteiger partial charge on any atom is -0.459 e. The fourth-order valence-electron chi connectivity index (χ4n) is 2.15. The van der Waals surface area contributed by atoms with Gasteiger partial charge in [-0.25, -0.2) is 0 Å². The molecule has 0 N–H and O–H groups in total. The SMILES string of the molecule is C=CCOc1nc(OCC=C)nc(OOCC(C)c2cccc(C(=C)C)c2)n1. The Bertz CT molecular complexity index is 793. The zero-order valence-corrected chi connectivity index (χ0v) is 16.3. The summed E-state index contributed by atoms with van der Waals surface area (Å²) >= 11 is 0. The topological polar surface area (TPSA) is 75.6 Å². The summed E-state index contributed by atoms with van der Waals surface area (Å²) in [5.41, 5.74) is 3.22. The monoisotopic (exact) mass is 383 g/mol. The summed E-state index contributed by atoms with van der Waals surface area (Å²) in [6.07, 6.45) is 3.15. The summed E-state index contributed by atoms with van der Waals surface area (Å²) in [4.78, 5) is 22.6. The van der Waals surface area contributed by atoms with E-state index in [1.54, 1.807) is 12.2 Å². The largest absolute Gasteiger partial charge is 0.459 e. The average Bonchev–Trinajstić information content (AvgIpc) is 2.70. The van der Waals surface area contributed by atoms with Crippen LogP contribution in [0.2, 0.25) is 0 Å². The van der Waals surface area contributed by atoms with Gasteiger partial charge in [0.2, 0.25) is 0 Å². The van der Waals surface area contributed by atoms with Crippen LogP contribution < -0.4 is 14.4 Å². The molecule has 0 saturated heterocycles. The summed E-state index contributed by atoms with van der Waals surface area (Å²) in [5.74, 6) is 0.0918. The Hall–Kier alpha value is -3.19. The van der Waals surface area contributed by atoms with Crippen molar-refractivity contribution in [2.24, 2.45) is 0 Å². The fraction of sp³-hybridized carbons (Fsp3) is 0.286. The molecule has 1 atom stereocenters. The molecule has 1 unspecified atom stereocenters. The average molecular weight is 383 g/mol. The predicted octanol–water partition coefficient (Wildman–Crippen LogP) is 4.15. The highest BCUT2D eigenvalue weighted by molar-refractivity contribution is 5.61. The van der Waals surface area contributed by atoms with Gasteiger partial charge in [0.25, 0.3) is 0 Å². The van der Waals surface area contributed by atoms with Crippen LogP contribution in [0.4, 0.5) is 0 Å². The number of benzene rings is 1. The molecule has 7 heteroatoms. The number of nitrogens with zero attached hydrogens (tertiary/aromatic N) is 3.